The Kier molecular flexibility index (Phi) is 3.27. The van der Waals surface area contributed by atoms with E-state index in [1.165, 1.54) is 15.4 Å². The molecule has 0 saturated heterocycles. The monoisotopic (exact) mass is 277 g/mol. The van der Waals surface area contributed by atoms with Crippen molar-refractivity contribution >= 4 is 39.7 Å². The zero-order valence-corrected chi connectivity index (χ0v) is 11.4. The molecule has 0 spiro atoms. The number of hydrogen-bond donors (Lipinski definition) is 1. The summed E-state index contributed by atoms with van der Waals surface area (Å²) in [5, 5.41) is 12.1. The number of rotatable bonds is 4. The van der Waals surface area contributed by atoms with Gasteiger partial charge in [-0.15, -0.1) is 22.7 Å². The highest BCUT2D eigenvalue weighted by molar-refractivity contribution is 7.11. The number of nitrogens with one attached hydrogen (secondary N) is 1. The Morgan fingerprint density at radius 3 is 2.06 bits per heavy atom. The van der Waals surface area contributed by atoms with E-state index in [0.717, 1.165) is 0 Å². The zero-order valence-electron chi connectivity index (χ0n) is 9.00. The first-order valence-electron chi connectivity index (χ1n) is 5.29. The van der Waals surface area contributed by atoms with Gasteiger partial charge in [0, 0.05) is 20.8 Å². The van der Waals surface area contributed by atoms with Crippen molar-refractivity contribution < 1.29 is 0 Å². The molecule has 0 bridgehead atoms. The lowest BCUT2D eigenvalue weighted by atomic mass is 10.2. The van der Waals surface area contributed by atoms with Crippen molar-refractivity contribution in [3.05, 3.63) is 61.6 Å². The van der Waals surface area contributed by atoms with Crippen LogP contribution in [0.2, 0.25) is 0 Å². The molecule has 0 atom stereocenters. The zero-order chi connectivity index (χ0) is 11.5. The maximum absolute atomic E-state index is 3.60. The fourth-order valence-electron chi connectivity index (χ4n) is 1.71. The van der Waals surface area contributed by atoms with Gasteiger partial charge in [-0.2, -0.15) is 11.3 Å². The normalized spacial score (nSPS) is 10.9. The lowest BCUT2D eigenvalue weighted by Gasteiger charge is -2.16. The molecule has 3 rings (SSSR count). The molecule has 3 aromatic heterocycles. The van der Waals surface area contributed by atoms with E-state index in [9.17, 15) is 0 Å². The summed E-state index contributed by atoms with van der Waals surface area (Å²) in [6, 6.07) is 11.0. The Balaban J connectivity index is 1.92. The summed E-state index contributed by atoms with van der Waals surface area (Å²) in [5.41, 5.74) is 1.20. The van der Waals surface area contributed by atoms with E-state index in [2.05, 4.69) is 57.2 Å². The largest absolute Gasteiger partial charge is 0.372 e. The summed E-state index contributed by atoms with van der Waals surface area (Å²) in [5.74, 6) is 0. The lowest BCUT2D eigenvalue weighted by Crippen LogP contribution is -2.08. The second-order valence-electron chi connectivity index (χ2n) is 3.62. The van der Waals surface area contributed by atoms with Gasteiger partial charge in [0.25, 0.3) is 0 Å². The molecule has 1 N–H and O–H groups in total. The minimum absolute atomic E-state index is 0.282. The Hall–Kier alpha value is -1.10. The van der Waals surface area contributed by atoms with Gasteiger partial charge >= 0.3 is 0 Å². The van der Waals surface area contributed by atoms with E-state index >= 15 is 0 Å². The quantitative estimate of drug-likeness (QED) is 0.702. The van der Waals surface area contributed by atoms with Crippen LogP contribution in [0.3, 0.4) is 0 Å². The fraction of sp³-hybridized carbons (Fsp3) is 0.0769. The van der Waals surface area contributed by atoms with Gasteiger partial charge in [-0.05, 0) is 34.3 Å². The highest BCUT2D eigenvalue weighted by Crippen LogP contribution is 2.32. The van der Waals surface area contributed by atoms with Crippen molar-refractivity contribution in [2.24, 2.45) is 0 Å². The van der Waals surface area contributed by atoms with Crippen LogP contribution in [-0.4, -0.2) is 0 Å². The van der Waals surface area contributed by atoms with E-state index in [4.69, 9.17) is 0 Å². The second kappa shape index (κ2) is 5.04. The fourth-order valence-corrected chi connectivity index (χ4v) is 3.97. The van der Waals surface area contributed by atoms with Gasteiger partial charge in [0.2, 0.25) is 0 Å². The molecule has 0 aromatic carbocycles. The van der Waals surface area contributed by atoms with Crippen molar-refractivity contribution in [1.29, 1.82) is 0 Å². The topological polar surface area (TPSA) is 12.0 Å². The first kappa shape index (κ1) is 11.0. The van der Waals surface area contributed by atoms with Crippen molar-refractivity contribution in [2.75, 3.05) is 5.32 Å². The van der Waals surface area contributed by atoms with E-state index in [-0.39, 0.29) is 6.04 Å². The molecular weight excluding hydrogens is 266 g/mol. The van der Waals surface area contributed by atoms with E-state index in [1.807, 2.05) is 0 Å². The lowest BCUT2D eigenvalue weighted by molar-refractivity contribution is 0.995. The molecule has 3 aromatic rings. The summed E-state index contributed by atoms with van der Waals surface area (Å²) >= 11 is 5.32. The van der Waals surface area contributed by atoms with Gasteiger partial charge in [0.1, 0.15) is 0 Å². The van der Waals surface area contributed by atoms with Crippen LogP contribution in [0, 0.1) is 0 Å². The Morgan fingerprint density at radius 2 is 1.59 bits per heavy atom. The van der Waals surface area contributed by atoms with Gasteiger partial charge in [-0.3, -0.25) is 0 Å². The second-order valence-corrected chi connectivity index (χ2v) is 6.36. The minimum Gasteiger partial charge on any atom is -0.372 e. The molecule has 0 saturated carbocycles. The molecule has 3 heterocycles. The molecule has 0 radical (unpaired) electrons. The molecular formula is C13H11NS3. The number of hydrogen-bond acceptors (Lipinski definition) is 4. The maximum atomic E-state index is 3.60. The van der Waals surface area contributed by atoms with Gasteiger partial charge in [0.15, 0.2) is 0 Å². The first-order valence-corrected chi connectivity index (χ1v) is 7.99. The molecule has 0 unspecified atom stereocenters. The Morgan fingerprint density at radius 1 is 0.882 bits per heavy atom. The van der Waals surface area contributed by atoms with Crippen molar-refractivity contribution in [3.63, 3.8) is 0 Å². The van der Waals surface area contributed by atoms with Crippen LogP contribution < -0.4 is 5.32 Å². The van der Waals surface area contributed by atoms with E-state index in [0.29, 0.717) is 0 Å². The van der Waals surface area contributed by atoms with Gasteiger partial charge in [0.05, 0.1) is 6.04 Å². The van der Waals surface area contributed by atoms with Crippen molar-refractivity contribution in [3.8, 4) is 0 Å². The Bertz CT molecular complexity index is 503. The van der Waals surface area contributed by atoms with Crippen LogP contribution in [0.25, 0.3) is 0 Å². The smallest absolute Gasteiger partial charge is 0.0953 e. The van der Waals surface area contributed by atoms with Gasteiger partial charge in [-0.25, -0.2) is 0 Å². The third-order valence-electron chi connectivity index (χ3n) is 2.49. The average Bonchev–Trinajstić information content (AvgIpc) is 3.09. The summed E-state index contributed by atoms with van der Waals surface area (Å²) in [6.45, 7) is 0. The first-order chi connectivity index (χ1) is 8.43. The molecule has 17 heavy (non-hydrogen) atoms. The van der Waals surface area contributed by atoms with Crippen LogP contribution in [0.15, 0.2) is 51.9 Å². The predicted octanol–water partition coefficient (Wildman–Crippen LogP) is 5.07. The van der Waals surface area contributed by atoms with Crippen LogP contribution in [0.4, 0.5) is 5.69 Å². The van der Waals surface area contributed by atoms with Crippen LogP contribution >= 0.6 is 34.0 Å². The molecule has 86 valence electrons. The molecule has 0 aliphatic heterocycles. The van der Waals surface area contributed by atoms with Crippen LogP contribution in [0.1, 0.15) is 15.8 Å². The van der Waals surface area contributed by atoms with Gasteiger partial charge < -0.3 is 5.32 Å². The summed E-state index contributed by atoms with van der Waals surface area (Å²) in [7, 11) is 0. The SMILES string of the molecule is c1csc(C(Nc2ccsc2)c2cccs2)c1. The third-order valence-corrected chi connectivity index (χ3v) is 5.05. The molecule has 4 heteroatoms. The molecule has 0 amide bonds. The number of anilines is 1. The van der Waals surface area contributed by atoms with Crippen LogP contribution in [0.5, 0.6) is 0 Å². The van der Waals surface area contributed by atoms with E-state index in [1.54, 1.807) is 34.0 Å². The van der Waals surface area contributed by atoms with Crippen molar-refractivity contribution in [2.45, 2.75) is 6.04 Å². The molecule has 0 aliphatic carbocycles. The maximum Gasteiger partial charge on any atom is 0.0953 e. The summed E-state index contributed by atoms with van der Waals surface area (Å²) < 4.78 is 0. The Labute approximate surface area is 112 Å². The van der Waals surface area contributed by atoms with E-state index < -0.39 is 0 Å². The summed E-state index contributed by atoms with van der Waals surface area (Å²) in [4.78, 5) is 2.72. The van der Waals surface area contributed by atoms with Crippen LogP contribution in [-0.2, 0) is 0 Å². The predicted molar refractivity (Wildman–Crippen MR) is 78.4 cm³/mol. The average molecular weight is 277 g/mol. The van der Waals surface area contributed by atoms with Gasteiger partial charge in [-0.1, -0.05) is 12.1 Å². The van der Waals surface area contributed by atoms with Crippen molar-refractivity contribution in [1.82, 2.24) is 0 Å². The molecule has 0 fully saturated rings. The highest BCUT2D eigenvalue weighted by atomic mass is 32.1. The molecule has 0 aliphatic rings. The minimum atomic E-state index is 0.282. The molecule has 1 nitrogen and oxygen atoms in total. The summed E-state index contributed by atoms with van der Waals surface area (Å²) in [6.07, 6.45) is 0. The number of thiophene rings is 3. The standard InChI is InChI=1S/C13H11NS3/c1-3-11(16-6-1)13(12-4-2-7-17-12)14-10-5-8-15-9-10/h1-9,13-14H. The highest BCUT2D eigenvalue weighted by Gasteiger charge is 2.15. The third kappa shape index (κ3) is 2.44.